The van der Waals surface area contributed by atoms with Crippen LogP contribution in [-0.2, 0) is 0 Å². The van der Waals surface area contributed by atoms with E-state index in [1.807, 2.05) is 60.7 Å². The molecule has 0 saturated carbocycles. The number of carbonyl (C=O) groups is 1. The molecule has 4 rings (SSSR count). The smallest absolute Gasteiger partial charge is 0.252 e. The van der Waals surface area contributed by atoms with Crippen LogP contribution in [0.3, 0.4) is 0 Å². The van der Waals surface area contributed by atoms with Gasteiger partial charge in [-0.1, -0.05) is 60.7 Å². The highest BCUT2D eigenvalue weighted by Gasteiger charge is 2.18. The fourth-order valence-electron chi connectivity index (χ4n) is 2.76. The van der Waals surface area contributed by atoms with Crippen molar-refractivity contribution in [2.45, 2.75) is 0 Å². The molecular weight excluding hydrogens is 346 g/mol. The first kappa shape index (κ1) is 16.3. The van der Waals surface area contributed by atoms with Gasteiger partial charge in [0.1, 0.15) is 5.69 Å². The lowest BCUT2D eigenvalue weighted by Gasteiger charge is -2.00. The van der Waals surface area contributed by atoms with Crippen molar-refractivity contribution in [1.29, 1.82) is 0 Å². The van der Waals surface area contributed by atoms with E-state index in [9.17, 15) is 4.79 Å². The summed E-state index contributed by atoms with van der Waals surface area (Å²) >= 11 is 5.51. The second-order valence-electron chi connectivity index (χ2n) is 5.78. The summed E-state index contributed by atoms with van der Waals surface area (Å²) in [5.41, 5.74) is 3.94. The topological polar surface area (TPSA) is 43.1 Å². The van der Waals surface area contributed by atoms with E-state index in [-0.39, 0.29) is 0 Å². The summed E-state index contributed by atoms with van der Waals surface area (Å²) in [6.07, 6.45) is 0. The van der Waals surface area contributed by atoms with Gasteiger partial charge in [0, 0.05) is 22.3 Å². The van der Waals surface area contributed by atoms with Crippen molar-refractivity contribution >= 4 is 16.8 Å². The van der Waals surface area contributed by atoms with Crippen LogP contribution in [0.15, 0.2) is 89.3 Å². The second kappa shape index (κ2) is 6.98. The van der Waals surface area contributed by atoms with Crippen LogP contribution >= 0.6 is 11.6 Å². The molecule has 3 nitrogen and oxygen atoms in total. The Morgan fingerprint density at radius 1 is 0.731 bits per heavy atom. The number of oxazole rings is 1. The number of rotatable bonds is 4. The number of hydrogen-bond donors (Lipinski definition) is 0. The van der Waals surface area contributed by atoms with E-state index < -0.39 is 5.24 Å². The van der Waals surface area contributed by atoms with Gasteiger partial charge in [-0.3, -0.25) is 4.79 Å². The molecule has 0 saturated heterocycles. The molecule has 0 aliphatic rings. The maximum absolute atomic E-state index is 11.2. The lowest BCUT2D eigenvalue weighted by atomic mass is 10.1. The molecule has 0 radical (unpaired) electrons. The Bertz CT molecular complexity index is 982. The molecule has 0 spiro atoms. The Morgan fingerprint density at radius 2 is 1.31 bits per heavy atom. The highest BCUT2D eigenvalue weighted by Crippen LogP contribution is 2.35. The highest BCUT2D eigenvalue weighted by molar-refractivity contribution is 6.67. The van der Waals surface area contributed by atoms with E-state index in [2.05, 4.69) is 0 Å². The molecule has 1 aromatic heterocycles. The van der Waals surface area contributed by atoms with Crippen LogP contribution in [0.4, 0.5) is 0 Å². The van der Waals surface area contributed by atoms with E-state index in [4.69, 9.17) is 21.0 Å². The molecule has 0 aliphatic carbocycles. The Hall–Kier alpha value is -3.17. The molecule has 0 unspecified atom stereocenters. The van der Waals surface area contributed by atoms with Crippen molar-refractivity contribution in [2.24, 2.45) is 0 Å². The van der Waals surface area contributed by atoms with Gasteiger partial charge in [0.2, 0.25) is 5.89 Å². The van der Waals surface area contributed by atoms with Crippen molar-refractivity contribution in [3.63, 3.8) is 0 Å². The van der Waals surface area contributed by atoms with Crippen molar-refractivity contribution < 1.29 is 9.21 Å². The molecule has 4 aromatic rings. The quantitative estimate of drug-likeness (QED) is 0.416. The molecule has 0 fully saturated rings. The number of carbonyl (C=O) groups excluding carboxylic acids is 1. The van der Waals surface area contributed by atoms with E-state index in [1.165, 1.54) is 0 Å². The summed E-state index contributed by atoms with van der Waals surface area (Å²) in [6, 6.07) is 26.7. The molecule has 0 N–H and O–H groups in total. The molecule has 3 aromatic carbocycles. The molecular formula is C22H14ClNO2. The molecule has 126 valence electrons. The molecule has 26 heavy (non-hydrogen) atoms. The normalized spacial score (nSPS) is 10.7. The summed E-state index contributed by atoms with van der Waals surface area (Å²) in [7, 11) is 0. The molecule has 0 bridgehead atoms. The first-order valence-corrected chi connectivity index (χ1v) is 8.52. The van der Waals surface area contributed by atoms with E-state index in [0.29, 0.717) is 17.2 Å². The van der Waals surface area contributed by atoms with Gasteiger partial charge in [-0.05, 0) is 35.9 Å². The number of benzene rings is 3. The minimum Gasteiger partial charge on any atom is -0.435 e. The highest BCUT2D eigenvalue weighted by atomic mass is 35.5. The van der Waals surface area contributed by atoms with Gasteiger partial charge in [0.25, 0.3) is 5.24 Å². The first-order valence-electron chi connectivity index (χ1n) is 8.14. The summed E-state index contributed by atoms with van der Waals surface area (Å²) in [4.78, 5) is 16.0. The van der Waals surface area contributed by atoms with Crippen molar-refractivity contribution in [3.8, 4) is 34.0 Å². The Kier molecular flexibility index (Phi) is 4.38. The summed E-state index contributed by atoms with van der Waals surface area (Å²) in [5.74, 6) is 1.21. The predicted octanol–water partition coefficient (Wildman–Crippen LogP) is 6.05. The van der Waals surface area contributed by atoms with Crippen molar-refractivity contribution in [3.05, 3.63) is 90.5 Å². The number of hydrogen-bond acceptors (Lipinski definition) is 3. The van der Waals surface area contributed by atoms with E-state index >= 15 is 0 Å². The number of aromatic nitrogens is 1. The monoisotopic (exact) mass is 359 g/mol. The van der Waals surface area contributed by atoms with E-state index in [1.54, 1.807) is 24.3 Å². The van der Waals surface area contributed by atoms with Gasteiger partial charge < -0.3 is 4.42 Å². The summed E-state index contributed by atoms with van der Waals surface area (Å²) in [6.45, 7) is 0. The van der Waals surface area contributed by atoms with Crippen LogP contribution in [0.2, 0.25) is 0 Å². The van der Waals surface area contributed by atoms with Crippen LogP contribution in [0.25, 0.3) is 34.0 Å². The lowest BCUT2D eigenvalue weighted by molar-refractivity contribution is 0.108. The van der Waals surface area contributed by atoms with Crippen LogP contribution in [0.1, 0.15) is 10.4 Å². The molecule has 0 amide bonds. The maximum atomic E-state index is 11.2. The molecule has 0 atom stereocenters. The Balaban J connectivity index is 1.85. The average molecular weight is 360 g/mol. The first-order chi connectivity index (χ1) is 12.7. The summed E-state index contributed by atoms with van der Waals surface area (Å²) < 4.78 is 6.11. The second-order valence-corrected chi connectivity index (χ2v) is 6.12. The zero-order valence-corrected chi connectivity index (χ0v) is 14.5. The zero-order chi connectivity index (χ0) is 17.9. The minimum atomic E-state index is -0.487. The predicted molar refractivity (Wildman–Crippen MR) is 103 cm³/mol. The van der Waals surface area contributed by atoms with Gasteiger partial charge >= 0.3 is 0 Å². The zero-order valence-electron chi connectivity index (χ0n) is 13.7. The third kappa shape index (κ3) is 3.17. The van der Waals surface area contributed by atoms with E-state index in [0.717, 1.165) is 22.4 Å². The van der Waals surface area contributed by atoms with Crippen LogP contribution in [0, 0.1) is 0 Å². The summed E-state index contributed by atoms with van der Waals surface area (Å²) in [5, 5.41) is -0.487. The van der Waals surface area contributed by atoms with Crippen molar-refractivity contribution in [2.75, 3.05) is 0 Å². The Labute approximate surface area is 155 Å². The number of nitrogens with zero attached hydrogens (tertiary/aromatic N) is 1. The number of halogens is 1. The molecule has 1 heterocycles. The van der Waals surface area contributed by atoms with Crippen LogP contribution < -0.4 is 0 Å². The third-order valence-electron chi connectivity index (χ3n) is 4.07. The van der Waals surface area contributed by atoms with Crippen molar-refractivity contribution in [1.82, 2.24) is 4.98 Å². The SMILES string of the molecule is O=C(Cl)c1ccc(-c2nc(-c3ccccc3)c(-c3ccccc3)o2)cc1. The minimum absolute atomic E-state index is 0.438. The fourth-order valence-corrected chi connectivity index (χ4v) is 2.89. The Morgan fingerprint density at radius 3 is 1.88 bits per heavy atom. The van der Waals surface area contributed by atoms with Gasteiger partial charge in [0.05, 0.1) is 0 Å². The van der Waals surface area contributed by atoms with Crippen LogP contribution in [-0.4, -0.2) is 10.2 Å². The van der Waals surface area contributed by atoms with Gasteiger partial charge in [-0.2, -0.15) is 0 Å². The average Bonchev–Trinajstić information content (AvgIpc) is 3.15. The molecule has 0 aliphatic heterocycles. The van der Waals surface area contributed by atoms with Crippen LogP contribution in [0.5, 0.6) is 0 Å². The third-order valence-corrected chi connectivity index (χ3v) is 4.29. The maximum Gasteiger partial charge on any atom is 0.252 e. The van der Waals surface area contributed by atoms with Gasteiger partial charge in [-0.25, -0.2) is 4.98 Å². The lowest BCUT2D eigenvalue weighted by Crippen LogP contribution is -1.88. The van der Waals surface area contributed by atoms with Gasteiger partial charge in [0.15, 0.2) is 5.76 Å². The standard InChI is InChI=1S/C22H14ClNO2/c23-21(25)17-11-13-18(14-12-17)22-24-19(15-7-3-1-4-8-15)20(26-22)16-9-5-2-6-10-16/h1-14H. The van der Waals surface area contributed by atoms with Gasteiger partial charge in [-0.15, -0.1) is 0 Å². The molecule has 4 heteroatoms. The fraction of sp³-hybridized carbons (Fsp3) is 0. The largest absolute Gasteiger partial charge is 0.435 e.